The molecule has 1 aromatic rings. The topological polar surface area (TPSA) is 111 Å². The van der Waals surface area contributed by atoms with Gasteiger partial charge in [0, 0.05) is 19.2 Å². The molecular formula is C13H17N3O5S. The van der Waals surface area contributed by atoms with E-state index in [1.807, 2.05) is 6.08 Å². The number of non-ortho nitro benzene ring substituents is 1. The van der Waals surface area contributed by atoms with E-state index in [1.54, 1.807) is 0 Å². The molecule has 0 atom stereocenters. The Labute approximate surface area is 128 Å². The van der Waals surface area contributed by atoms with Crippen molar-refractivity contribution in [2.75, 3.05) is 26.7 Å². The first-order valence-corrected chi connectivity index (χ1v) is 8.13. The lowest BCUT2D eigenvalue weighted by Gasteiger charge is -2.15. The third-order valence-electron chi connectivity index (χ3n) is 3.29. The highest BCUT2D eigenvalue weighted by atomic mass is 32.2. The number of nitro groups is 1. The number of nitrogens with zero attached hydrogens (tertiary/aromatic N) is 1. The van der Waals surface area contributed by atoms with Gasteiger partial charge < -0.3 is 10.1 Å². The minimum Gasteiger partial charge on any atom is -0.495 e. The van der Waals surface area contributed by atoms with Crippen molar-refractivity contribution in [3.05, 3.63) is 40.0 Å². The zero-order chi connectivity index (χ0) is 16.2. The van der Waals surface area contributed by atoms with Crippen LogP contribution in [-0.4, -0.2) is 40.1 Å². The summed E-state index contributed by atoms with van der Waals surface area (Å²) in [5.41, 5.74) is 0.778. The lowest BCUT2D eigenvalue weighted by molar-refractivity contribution is -0.385. The molecule has 2 N–H and O–H groups in total. The fourth-order valence-electron chi connectivity index (χ4n) is 2.09. The highest BCUT2D eigenvalue weighted by molar-refractivity contribution is 7.89. The molecule has 1 aromatic carbocycles. The lowest BCUT2D eigenvalue weighted by Crippen LogP contribution is -2.30. The molecule has 0 spiro atoms. The van der Waals surface area contributed by atoms with E-state index in [4.69, 9.17) is 4.74 Å². The number of nitrogens with one attached hydrogen (secondary N) is 2. The van der Waals surface area contributed by atoms with Crippen LogP contribution in [0.2, 0.25) is 0 Å². The number of nitro benzene ring substituents is 1. The van der Waals surface area contributed by atoms with Crippen LogP contribution in [-0.2, 0) is 10.0 Å². The fraction of sp³-hybridized carbons (Fsp3) is 0.385. The van der Waals surface area contributed by atoms with Gasteiger partial charge in [0.25, 0.3) is 5.69 Å². The summed E-state index contributed by atoms with van der Waals surface area (Å²) in [6.45, 7) is 1.75. The van der Waals surface area contributed by atoms with Crippen LogP contribution in [0.5, 0.6) is 5.75 Å². The van der Waals surface area contributed by atoms with Gasteiger partial charge in [0.1, 0.15) is 10.6 Å². The molecule has 2 rings (SSSR count). The van der Waals surface area contributed by atoms with Gasteiger partial charge in [0.15, 0.2) is 0 Å². The summed E-state index contributed by atoms with van der Waals surface area (Å²) >= 11 is 0. The predicted molar refractivity (Wildman–Crippen MR) is 80.4 cm³/mol. The van der Waals surface area contributed by atoms with Crippen molar-refractivity contribution in [1.82, 2.24) is 10.0 Å². The molecule has 1 aliphatic rings. The minimum atomic E-state index is -3.80. The second-order valence-corrected chi connectivity index (χ2v) is 6.47. The quantitative estimate of drug-likeness (QED) is 0.454. The molecule has 0 aliphatic carbocycles. The first-order valence-electron chi connectivity index (χ1n) is 6.65. The van der Waals surface area contributed by atoms with E-state index in [0.29, 0.717) is 0 Å². The zero-order valence-corrected chi connectivity index (χ0v) is 12.9. The van der Waals surface area contributed by atoms with Gasteiger partial charge in [-0.3, -0.25) is 10.1 Å². The number of hydrogen-bond donors (Lipinski definition) is 2. The van der Waals surface area contributed by atoms with Crippen molar-refractivity contribution in [2.45, 2.75) is 11.3 Å². The van der Waals surface area contributed by atoms with E-state index in [2.05, 4.69) is 10.0 Å². The van der Waals surface area contributed by atoms with Crippen molar-refractivity contribution in [2.24, 2.45) is 0 Å². The third kappa shape index (κ3) is 3.81. The van der Waals surface area contributed by atoms with Gasteiger partial charge in [-0.05, 0) is 19.0 Å². The first kappa shape index (κ1) is 16.4. The molecule has 0 aromatic heterocycles. The van der Waals surface area contributed by atoms with Crippen LogP contribution in [0.3, 0.4) is 0 Å². The van der Waals surface area contributed by atoms with Crippen LogP contribution in [0.1, 0.15) is 6.42 Å². The van der Waals surface area contributed by atoms with Crippen LogP contribution in [0, 0.1) is 10.1 Å². The Bertz CT molecular complexity index is 700. The molecule has 1 aliphatic heterocycles. The highest BCUT2D eigenvalue weighted by Crippen LogP contribution is 2.28. The number of methoxy groups -OCH3 is 1. The van der Waals surface area contributed by atoms with Gasteiger partial charge in [-0.2, -0.15) is 0 Å². The fourth-order valence-corrected chi connectivity index (χ4v) is 3.27. The molecule has 0 bridgehead atoms. The standard InChI is InChI=1S/C13H17N3O5S/c1-21-12-8-11(16(17)18)2-3-13(12)22(19,20)15-9-10-4-6-14-7-5-10/h2-4,8,14-15H,5-7,9H2,1H3. The van der Waals surface area contributed by atoms with E-state index >= 15 is 0 Å². The van der Waals surface area contributed by atoms with Gasteiger partial charge in [-0.15, -0.1) is 0 Å². The second kappa shape index (κ2) is 6.86. The second-order valence-electron chi connectivity index (χ2n) is 4.73. The zero-order valence-electron chi connectivity index (χ0n) is 12.0. The van der Waals surface area contributed by atoms with E-state index in [9.17, 15) is 18.5 Å². The predicted octanol–water partition coefficient (Wildman–Crippen LogP) is 0.801. The maximum absolute atomic E-state index is 12.3. The molecule has 22 heavy (non-hydrogen) atoms. The lowest BCUT2D eigenvalue weighted by atomic mass is 10.1. The Morgan fingerprint density at radius 2 is 2.23 bits per heavy atom. The maximum Gasteiger partial charge on any atom is 0.273 e. The molecule has 0 saturated carbocycles. The Hall–Kier alpha value is -1.97. The van der Waals surface area contributed by atoms with E-state index < -0.39 is 14.9 Å². The Morgan fingerprint density at radius 3 is 2.82 bits per heavy atom. The molecule has 0 radical (unpaired) electrons. The Kier molecular flexibility index (Phi) is 5.11. The maximum atomic E-state index is 12.3. The largest absolute Gasteiger partial charge is 0.495 e. The van der Waals surface area contributed by atoms with Crippen LogP contribution in [0.4, 0.5) is 5.69 Å². The van der Waals surface area contributed by atoms with E-state index in [-0.39, 0.29) is 22.9 Å². The van der Waals surface area contributed by atoms with Crippen molar-refractivity contribution in [1.29, 1.82) is 0 Å². The van der Waals surface area contributed by atoms with Gasteiger partial charge in [0.2, 0.25) is 10.0 Å². The van der Waals surface area contributed by atoms with Crippen molar-refractivity contribution in [3.63, 3.8) is 0 Å². The Morgan fingerprint density at radius 1 is 1.45 bits per heavy atom. The van der Waals surface area contributed by atoms with Crippen molar-refractivity contribution >= 4 is 15.7 Å². The number of benzene rings is 1. The average molecular weight is 327 g/mol. The monoisotopic (exact) mass is 327 g/mol. The Balaban J connectivity index is 2.21. The summed E-state index contributed by atoms with van der Waals surface area (Å²) in [4.78, 5) is 10.0. The molecule has 0 saturated heterocycles. The summed E-state index contributed by atoms with van der Waals surface area (Å²) in [6.07, 6.45) is 2.72. The average Bonchev–Trinajstić information content (AvgIpc) is 2.53. The minimum absolute atomic E-state index is 0.0546. The van der Waals surface area contributed by atoms with Crippen molar-refractivity contribution < 1.29 is 18.1 Å². The molecule has 120 valence electrons. The summed E-state index contributed by atoms with van der Waals surface area (Å²) in [6, 6.07) is 3.41. The van der Waals surface area contributed by atoms with Gasteiger partial charge in [0.05, 0.1) is 18.1 Å². The van der Waals surface area contributed by atoms with Crippen LogP contribution >= 0.6 is 0 Å². The highest BCUT2D eigenvalue weighted by Gasteiger charge is 2.22. The smallest absolute Gasteiger partial charge is 0.273 e. The van der Waals surface area contributed by atoms with Crippen molar-refractivity contribution in [3.8, 4) is 5.75 Å². The SMILES string of the molecule is COc1cc([N+](=O)[O-])ccc1S(=O)(=O)NCC1=CCNCC1. The number of rotatable bonds is 6. The molecule has 8 nitrogen and oxygen atoms in total. The first-order chi connectivity index (χ1) is 10.4. The van der Waals surface area contributed by atoms with Gasteiger partial charge in [-0.25, -0.2) is 13.1 Å². The van der Waals surface area contributed by atoms with Crippen LogP contribution < -0.4 is 14.8 Å². The molecule has 0 fully saturated rings. The number of sulfonamides is 1. The molecular weight excluding hydrogens is 310 g/mol. The third-order valence-corrected chi connectivity index (χ3v) is 4.74. The molecule has 0 amide bonds. The summed E-state index contributed by atoms with van der Waals surface area (Å²) in [5, 5.41) is 13.9. The van der Waals surface area contributed by atoms with E-state index in [1.165, 1.54) is 13.2 Å². The molecule has 0 unspecified atom stereocenters. The van der Waals surface area contributed by atoms with Gasteiger partial charge in [-0.1, -0.05) is 11.6 Å². The van der Waals surface area contributed by atoms with Gasteiger partial charge >= 0.3 is 0 Å². The number of hydrogen-bond acceptors (Lipinski definition) is 6. The normalized spacial score (nSPS) is 15.2. The van der Waals surface area contributed by atoms with Crippen LogP contribution in [0.15, 0.2) is 34.7 Å². The summed E-state index contributed by atoms with van der Waals surface area (Å²) < 4.78 is 32.1. The summed E-state index contributed by atoms with van der Waals surface area (Å²) in [5.74, 6) is -0.0546. The molecule has 1 heterocycles. The summed E-state index contributed by atoms with van der Waals surface area (Å²) in [7, 11) is -2.53. The van der Waals surface area contributed by atoms with E-state index in [0.717, 1.165) is 37.2 Å². The number of ether oxygens (including phenoxy) is 1. The van der Waals surface area contributed by atoms with Crippen LogP contribution in [0.25, 0.3) is 0 Å². The molecule has 9 heteroatoms.